The van der Waals surface area contributed by atoms with Gasteiger partial charge in [0.05, 0.1) is 12.3 Å². The Morgan fingerprint density at radius 3 is 2.80 bits per heavy atom. The standard InChI is InChI=1S/C10H17N3O2/c1-4-15-10(14)9-8(11)7(5-12-9)6-13(2)3/h5,12H,4,6,11H2,1-3H3. The van der Waals surface area contributed by atoms with E-state index in [1.807, 2.05) is 19.0 Å². The number of carbonyl (C=O) groups excluding carboxylic acids is 1. The summed E-state index contributed by atoms with van der Waals surface area (Å²) >= 11 is 0. The Kier molecular flexibility index (Phi) is 3.74. The van der Waals surface area contributed by atoms with Crippen LogP contribution in [0.15, 0.2) is 6.20 Å². The normalized spacial score (nSPS) is 10.7. The third-order valence-corrected chi connectivity index (χ3v) is 1.97. The van der Waals surface area contributed by atoms with Crippen molar-refractivity contribution in [2.24, 2.45) is 0 Å². The van der Waals surface area contributed by atoms with Crippen LogP contribution in [-0.2, 0) is 11.3 Å². The van der Waals surface area contributed by atoms with Crippen LogP contribution in [0.25, 0.3) is 0 Å². The molecule has 84 valence electrons. The number of H-pyrrole nitrogens is 1. The average Bonchev–Trinajstić information content (AvgIpc) is 2.48. The van der Waals surface area contributed by atoms with E-state index >= 15 is 0 Å². The van der Waals surface area contributed by atoms with Crippen molar-refractivity contribution in [3.05, 3.63) is 17.5 Å². The zero-order valence-electron chi connectivity index (χ0n) is 9.33. The van der Waals surface area contributed by atoms with Gasteiger partial charge in [-0.2, -0.15) is 0 Å². The molecule has 0 aliphatic rings. The molecule has 0 amide bonds. The Hall–Kier alpha value is -1.49. The number of esters is 1. The topological polar surface area (TPSA) is 71.4 Å². The molecule has 0 unspecified atom stereocenters. The molecule has 0 atom stereocenters. The number of nitrogens with one attached hydrogen (secondary N) is 1. The molecular weight excluding hydrogens is 194 g/mol. The third-order valence-electron chi connectivity index (χ3n) is 1.97. The minimum Gasteiger partial charge on any atom is -0.461 e. The molecular formula is C10H17N3O2. The summed E-state index contributed by atoms with van der Waals surface area (Å²) in [4.78, 5) is 16.2. The second-order valence-electron chi connectivity index (χ2n) is 3.56. The second-order valence-corrected chi connectivity index (χ2v) is 3.56. The van der Waals surface area contributed by atoms with E-state index < -0.39 is 5.97 Å². The van der Waals surface area contributed by atoms with E-state index in [9.17, 15) is 4.79 Å². The zero-order valence-corrected chi connectivity index (χ0v) is 9.33. The molecule has 1 heterocycles. The van der Waals surface area contributed by atoms with E-state index in [-0.39, 0.29) is 0 Å². The van der Waals surface area contributed by atoms with Crippen molar-refractivity contribution in [3.63, 3.8) is 0 Å². The summed E-state index contributed by atoms with van der Waals surface area (Å²) in [5.41, 5.74) is 7.55. The first kappa shape index (κ1) is 11.6. The minimum absolute atomic E-state index is 0.341. The first-order valence-corrected chi connectivity index (χ1v) is 4.83. The molecule has 0 saturated carbocycles. The van der Waals surface area contributed by atoms with Crippen LogP contribution in [0.2, 0.25) is 0 Å². The molecule has 0 fully saturated rings. The fourth-order valence-corrected chi connectivity index (χ4v) is 1.32. The lowest BCUT2D eigenvalue weighted by molar-refractivity contribution is 0.0521. The first-order valence-electron chi connectivity index (χ1n) is 4.83. The fourth-order valence-electron chi connectivity index (χ4n) is 1.32. The monoisotopic (exact) mass is 211 g/mol. The maximum absolute atomic E-state index is 11.4. The highest BCUT2D eigenvalue weighted by molar-refractivity contribution is 5.94. The Balaban J connectivity index is 2.84. The Labute approximate surface area is 89.2 Å². The van der Waals surface area contributed by atoms with Crippen molar-refractivity contribution in [1.29, 1.82) is 0 Å². The van der Waals surface area contributed by atoms with Crippen molar-refractivity contribution in [2.45, 2.75) is 13.5 Å². The lowest BCUT2D eigenvalue weighted by Gasteiger charge is -2.08. The van der Waals surface area contributed by atoms with Gasteiger partial charge in [0.2, 0.25) is 0 Å². The van der Waals surface area contributed by atoms with Gasteiger partial charge >= 0.3 is 5.97 Å². The largest absolute Gasteiger partial charge is 0.461 e. The van der Waals surface area contributed by atoms with Gasteiger partial charge in [0.25, 0.3) is 0 Å². The first-order chi connectivity index (χ1) is 7.06. The highest BCUT2D eigenvalue weighted by Gasteiger charge is 2.16. The molecule has 0 radical (unpaired) electrons. The number of rotatable bonds is 4. The van der Waals surface area contributed by atoms with E-state index in [4.69, 9.17) is 10.5 Å². The van der Waals surface area contributed by atoms with Crippen LogP contribution in [0.1, 0.15) is 23.0 Å². The van der Waals surface area contributed by atoms with Crippen molar-refractivity contribution in [1.82, 2.24) is 9.88 Å². The van der Waals surface area contributed by atoms with E-state index in [1.165, 1.54) is 0 Å². The lowest BCUT2D eigenvalue weighted by atomic mass is 10.2. The summed E-state index contributed by atoms with van der Waals surface area (Å²) in [5.74, 6) is -0.403. The van der Waals surface area contributed by atoms with Crippen LogP contribution >= 0.6 is 0 Å². The molecule has 0 aliphatic carbocycles. The highest BCUT2D eigenvalue weighted by atomic mass is 16.5. The molecule has 1 rings (SSSR count). The summed E-state index contributed by atoms with van der Waals surface area (Å²) in [7, 11) is 3.88. The number of nitrogens with two attached hydrogens (primary N) is 1. The molecule has 0 aromatic carbocycles. The van der Waals surface area contributed by atoms with Crippen LogP contribution in [-0.4, -0.2) is 36.6 Å². The molecule has 0 aliphatic heterocycles. The molecule has 5 nitrogen and oxygen atoms in total. The van der Waals surface area contributed by atoms with Crippen LogP contribution in [0, 0.1) is 0 Å². The van der Waals surface area contributed by atoms with Crippen LogP contribution in [0.3, 0.4) is 0 Å². The maximum atomic E-state index is 11.4. The number of hydrogen-bond acceptors (Lipinski definition) is 4. The van der Waals surface area contributed by atoms with Gasteiger partial charge in [-0.25, -0.2) is 4.79 Å². The summed E-state index contributed by atoms with van der Waals surface area (Å²) in [6.45, 7) is 2.81. The third kappa shape index (κ3) is 2.73. The fraction of sp³-hybridized carbons (Fsp3) is 0.500. The number of hydrogen-bond donors (Lipinski definition) is 2. The number of anilines is 1. The van der Waals surface area contributed by atoms with Crippen molar-refractivity contribution < 1.29 is 9.53 Å². The van der Waals surface area contributed by atoms with Crippen molar-refractivity contribution in [2.75, 3.05) is 26.4 Å². The van der Waals surface area contributed by atoms with Crippen molar-refractivity contribution >= 4 is 11.7 Å². The number of nitrogens with zero attached hydrogens (tertiary/aromatic N) is 1. The Bertz CT molecular complexity index is 344. The predicted octanol–water partition coefficient (Wildman–Crippen LogP) is 0.835. The summed E-state index contributed by atoms with van der Waals surface area (Å²) in [6, 6.07) is 0. The maximum Gasteiger partial charge on any atom is 0.356 e. The molecule has 0 saturated heterocycles. The molecule has 0 bridgehead atoms. The van der Waals surface area contributed by atoms with Gasteiger partial charge < -0.3 is 20.4 Å². The van der Waals surface area contributed by atoms with E-state index in [2.05, 4.69) is 4.98 Å². The zero-order chi connectivity index (χ0) is 11.4. The van der Waals surface area contributed by atoms with E-state index in [0.29, 0.717) is 24.5 Å². The molecule has 1 aromatic rings. The van der Waals surface area contributed by atoms with Crippen LogP contribution in [0.4, 0.5) is 5.69 Å². The van der Waals surface area contributed by atoms with Crippen LogP contribution in [0.5, 0.6) is 0 Å². The van der Waals surface area contributed by atoms with E-state index in [0.717, 1.165) is 5.56 Å². The number of carbonyl (C=O) groups is 1. The van der Waals surface area contributed by atoms with E-state index in [1.54, 1.807) is 13.1 Å². The molecule has 3 N–H and O–H groups in total. The van der Waals surface area contributed by atoms with Gasteiger partial charge in [-0.1, -0.05) is 0 Å². The molecule has 15 heavy (non-hydrogen) atoms. The molecule has 1 aromatic heterocycles. The summed E-state index contributed by atoms with van der Waals surface area (Å²) in [5, 5.41) is 0. The Morgan fingerprint density at radius 1 is 1.60 bits per heavy atom. The number of aromatic nitrogens is 1. The van der Waals surface area contributed by atoms with Gasteiger partial charge in [0, 0.05) is 18.3 Å². The highest BCUT2D eigenvalue weighted by Crippen LogP contribution is 2.18. The SMILES string of the molecule is CCOC(=O)c1[nH]cc(CN(C)C)c1N. The second kappa shape index (κ2) is 4.84. The quantitative estimate of drug-likeness (QED) is 0.724. The molecule has 5 heteroatoms. The summed E-state index contributed by atoms with van der Waals surface area (Å²) in [6.07, 6.45) is 1.74. The number of ether oxygens (including phenoxy) is 1. The van der Waals surface area contributed by atoms with Gasteiger partial charge in [-0.3, -0.25) is 0 Å². The Morgan fingerprint density at radius 2 is 2.27 bits per heavy atom. The minimum atomic E-state index is -0.403. The van der Waals surface area contributed by atoms with Gasteiger partial charge in [0.1, 0.15) is 5.69 Å². The average molecular weight is 211 g/mol. The van der Waals surface area contributed by atoms with Gasteiger partial charge in [-0.15, -0.1) is 0 Å². The van der Waals surface area contributed by atoms with Crippen molar-refractivity contribution in [3.8, 4) is 0 Å². The smallest absolute Gasteiger partial charge is 0.356 e. The van der Waals surface area contributed by atoms with Gasteiger partial charge in [-0.05, 0) is 21.0 Å². The van der Waals surface area contributed by atoms with Crippen LogP contribution < -0.4 is 5.73 Å². The lowest BCUT2D eigenvalue weighted by Crippen LogP contribution is -2.12. The number of nitrogen functional groups attached to an aromatic ring is 1. The van der Waals surface area contributed by atoms with Gasteiger partial charge in [0.15, 0.2) is 0 Å². The summed E-state index contributed by atoms with van der Waals surface area (Å²) < 4.78 is 4.86. The number of aromatic amines is 1. The predicted molar refractivity (Wildman–Crippen MR) is 58.6 cm³/mol. The molecule has 0 spiro atoms.